The van der Waals surface area contributed by atoms with E-state index in [1.807, 2.05) is 18.2 Å². The molecule has 0 amide bonds. The normalized spacial score (nSPS) is 10.5. The monoisotopic (exact) mass is 254 g/mol. The Morgan fingerprint density at radius 3 is 2.58 bits per heavy atom. The van der Waals surface area contributed by atoms with Gasteiger partial charge in [-0.15, -0.1) is 0 Å². The molecule has 0 aliphatic rings. The SMILES string of the molecule is Cc1ccc(C)c(CCN(C)c2cccc(N)c2)c1. The summed E-state index contributed by atoms with van der Waals surface area (Å²) in [4.78, 5) is 2.25. The van der Waals surface area contributed by atoms with Crippen LogP contribution in [0.15, 0.2) is 42.5 Å². The molecule has 0 spiro atoms. The van der Waals surface area contributed by atoms with Crippen LogP contribution in [0.2, 0.25) is 0 Å². The zero-order valence-electron chi connectivity index (χ0n) is 12.0. The zero-order valence-corrected chi connectivity index (χ0v) is 12.0. The van der Waals surface area contributed by atoms with Crippen molar-refractivity contribution in [1.29, 1.82) is 0 Å². The molecule has 2 nitrogen and oxygen atoms in total. The van der Waals surface area contributed by atoms with E-state index < -0.39 is 0 Å². The summed E-state index contributed by atoms with van der Waals surface area (Å²) < 4.78 is 0. The Bertz CT molecular complexity index is 561. The lowest BCUT2D eigenvalue weighted by Gasteiger charge is -2.20. The molecule has 0 unspecified atom stereocenters. The minimum atomic E-state index is 0.816. The number of rotatable bonds is 4. The number of likely N-dealkylation sites (N-methyl/N-ethyl adjacent to an activating group) is 1. The first kappa shape index (κ1) is 13.5. The van der Waals surface area contributed by atoms with Gasteiger partial charge in [0.05, 0.1) is 0 Å². The van der Waals surface area contributed by atoms with Crippen molar-refractivity contribution in [2.75, 3.05) is 24.2 Å². The summed E-state index contributed by atoms with van der Waals surface area (Å²) in [7, 11) is 2.11. The van der Waals surface area contributed by atoms with Gasteiger partial charge >= 0.3 is 0 Å². The molecule has 0 heterocycles. The van der Waals surface area contributed by atoms with Gasteiger partial charge in [0, 0.05) is 25.0 Å². The van der Waals surface area contributed by atoms with E-state index in [9.17, 15) is 0 Å². The molecule has 0 saturated heterocycles. The van der Waals surface area contributed by atoms with E-state index in [-0.39, 0.29) is 0 Å². The van der Waals surface area contributed by atoms with Crippen LogP contribution in [0.4, 0.5) is 11.4 Å². The molecule has 0 aliphatic carbocycles. The number of nitrogens with two attached hydrogens (primary N) is 1. The Hall–Kier alpha value is -1.96. The van der Waals surface area contributed by atoms with Gasteiger partial charge in [-0.2, -0.15) is 0 Å². The van der Waals surface area contributed by atoms with E-state index >= 15 is 0 Å². The van der Waals surface area contributed by atoms with Crippen LogP contribution in [0, 0.1) is 13.8 Å². The molecule has 2 aromatic carbocycles. The van der Waals surface area contributed by atoms with Gasteiger partial charge in [0.25, 0.3) is 0 Å². The van der Waals surface area contributed by atoms with Gasteiger partial charge in [0.2, 0.25) is 0 Å². The highest BCUT2D eigenvalue weighted by molar-refractivity contribution is 5.55. The number of benzene rings is 2. The number of hydrogen-bond acceptors (Lipinski definition) is 2. The van der Waals surface area contributed by atoms with Crippen LogP contribution in [-0.2, 0) is 6.42 Å². The maximum atomic E-state index is 5.82. The molecule has 0 aromatic heterocycles. The van der Waals surface area contributed by atoms with E-state index in [0.29, 0.717) is 0 Å². The standard InChI is InChI=1S/C17H22N2/c1-13-7-8-14(2)15(11-13)9-10-19(3)17-6-4-5-16(18)12-17/h4-8,11-12H,9-10,18H2,1-3H3. The van der Waals surface area contributed by atoms with Crippen LogP contribution in [0.1, 0.15) is 16.7 Å². The van der Waals surface area contributed by atoms with E-state index in [1.165, 1.54) is 22.4 Å². The van der Waals surface area contributed by atoms with Crippen LogP contribution in [-0.4, -0.2) is 13.6 Å². The highest BCUT2D eigenvalue weighted by Crippen LogP contribution is 2.17. The van der Waals surface area contributed by atoms with Gasteiger partial charge in [0.1, 0.15) is 0 Å². The van der Waals surface area contributed by atoms with Crippen LogP contribution >= 0.6 is 0 Å². The molecule has 2 aromatic rings. The van der Waals surface area contributed by atoms with Crippen LogP contribution in [0.25, 0.3) is 0 Å². The second-order valence-electron chi connectivity index (χ2n) is 5.20. The minimum Gasteiger partial charge on any atom is -0.399 e. The average Bonchev–Trinajstić information content (AvgIpc) is 2.39. The highest BCUT2D eigenvalue weighted by atomic mass is 15.1. The number of anilines is 2. The number of nitrogen functional groups attached to an aromatic ring is 1. The Labute approximate surface area is 115 Å². The first-order chi connectivity index (χ1) is 9.06. The van der Waals surface area contributed by atoms with Gasteiger partial charge in [-0.25, -0.2) is 0 Å². The third-order valence-electron chi connectivity index (χ3n) is 3.53. The Balaban J connectivity index is 2.04. The molecule has 2 rings (SSSR count). The molecule has 0 atom stereocenters. The first-order valence-electron chi connectivity index (χ1n) is 6.69. The van der Waals surface area contributed by atoms with E-state index in [2.05, 4.69) is 50.1 Å². The quantitative estimate of drug-likeness (QED) is 0.845. The molecule has 0 fully saturated rings. The fraction of sp³-hybridized carbons (Fsp3) is 0.294. The molecule has 19 heavy (non-hydrogen) atoms. The van der Waals surface area contributed by atoms with Crippen molar-refractivity contribution in [2.24, 2.45) is 0 Å². The fourth-order valence-corrected chi connectivity index (χ4v) is 2.25. The summed E-state index contributed by atoms with van der Waals surface area (Å²) in [5.41, 5.74) is 11.9. The van der Waals surface area contributed by atoms with E-state index in [1.54, 1.807) is 0 Å². The lowest BCUT2D eigenvalue weighted by Crippen LogP contribution is -2.20. The molecule has 0 aliphatic heterocycles. The summed E-state index contributed by atoms with van der Waals surface area (Å²) in [5, 5.41) is 0. The van der Waals surface area contributed by atoms with E-state index in [0.717, 1.165) is 18.7 Å². The van der Waals surface area contributed by atoms with Crippen molar-refractivity contribution < 1.29 is 0 Å². The Kier molecular flexibility index (Phi) is 4.10. The van der Waals surface area contributed by atoms with Crippen molar-refractivity contribution in [3.8, 4) is 0 Å². The second kappa shape index (κ2) is 5.79. The fourth-order valence-electron chi connectivity index (χ4n) is 2.25. The first-order valence-corrected chi connectivity index (χ1v) is 6.69. The number of aryl methyl sites for hydroxylation is 2. The average molecular weight is 254 g/mol. The second-order valence-corrected chi connectivity index (χ2v) is 5.20. The molecule has 0 saturated carbocycles. The lowest BCUT2D eigenvalue weighted by atomic mass is 10.0. The number of nitrogens with zero attached hydrogens (tertiary/aromatic N) is 1. The van der Waals surface area contributed by atoms with Crippen molar-refractivity contribution in [3.63, 3.8) is 0 Å². The lowest BCUT2D eigenvalue weighted by molar-refractivity contribution is 0.871. The predicted molar refractivity (Wildman–Crippen MR) is 83.7 cm³/mol. The molecule has 2 heteroatoms. The molecule has 100 valence electrons. The van der Waals surface area contributed by atoms with Gasteiger partial charge in [-0.05, 0) is 49.6 Å². The molecular formula is C17H22N2. The molecule has 0 bridgehead atoms. The summed E-state index contributed by atoms with van der Waals surface area (Å²) in [6.07, 6.45) is 1.05. The van der Waals surface area contributed by atoms with Gasteiger partial charge in [-0.3, -0.25) is 0 Å². The van der Waals surface area contributed by atoms with Gasteiger partial charge < -0.3 is 10.6 Å². The van der Waals surface area contributed by atoms with Crippen LogP contribution in [0.3, 0.4) is 0 Å². The Morgan fingerprint density at radius 1 is 1.05 bits per heavy atom. The van der Waals surface area contributed by atoms with Crippen molar-refractivity contribution in [1.82, 2.24) is 0 Å². The largest absolute Gasteiger partial charge is 0.399 e. The summed E-state index contributed by atoms with van der Waals surface area (Å²) in [6, 6.07) is 14.7. The zero-order chi connectivity index (χ0) is 13.8. The molecular weight excluding hydrogens is 232 g/mol. The van der Waals surface area contributed by atoms with E-state index in [4.69, 9.17) is 5.73 Å². The minimum absolute atomic E-state index is 0.816. The van der Waals surface area contributed by atoms with Crippen LogP contribution in [0.5, 0.6) is 0 Å². The number of hydrogen-bond donors (Lipinski definition) is 1. The van der Waals surface area contributed by atoms with Crippen molar-refractivity contribution >= 4 is 11.4 Å². The molecule has 0 radical (unpaired) electrons. The maximum absolute atomic E-state index is 5.82. The molecule has 2 N–H and O–H groups in total. The summed E-state index contributed by atoms with van der Waals surface area (Å²) >= 11 is 0. The van der Waals surface area contributed by atoms with Crippen molar-refractivity contribution in [3.05, 3.63) is 59.2 Å². The smallest absolute Gasteiger partial charge is 0.0384 e. The summed E-state index contributed by atoms with van der Waals surface area (Å²) in [5.74, 6) is 0. The summed E-state index contributed by atoms with van der Waals surface area (Å²) in [6.45, 7) is 5.31. The van der Waals surface area contributed by atoms with Gasteiger partial charge in [0.15, 0.2) is 0 Å². The Morgan fingerprint density at radius 2 is 1.84 bits per heavy atom. The predicted octanol–water partition coefficient (Wildman–Crippen LogP) is 3.56. The van der Waals surface area contributed by atoms with Crippen molar-refractivity contribution in [2.45, 2.75) is 20.3 Å². The maximum Gasteiger partial charge on any atom is 0.0384 e. The topological polar surface area (TPSA) is 29.3 Å². The third kappa shape index (κ3) is 3.50. The van der Waals surface area contributed by atoms with Crippen LogP contribution < -0.4 is 10.6 Å². The highest BCUT2D eigenvalue weighted by Gasteiger charge is 2.04. The van der Waals surface area contributed by atoms with Gasteiger partial charge in [-0.1, -0.05) is 29.8 Å². The third-order valence-corrected chi connectivity index (χ3v) is 3.53.